The second kappa shape index (κ2) is 5.00. The molecule has 0 saturated heterocycles. The SMILES string of the molecule is C[C]1=Nc2[c](c(=O)n(CCC(C)O)c(=O)n2C)[Sn]1. The number of hydrogen-bond donors (Lipinski definition) is 1. The van der Waals surface area contributed by atoms with Crippen molar-refractivity contribution in [3.05, 3.63) is 20.8 Å². The first-order valence-corrected chi connectivity index (χ1v) is 8.61. The van der Waals surface area contributed by atoms with E-state index in [2.05, 4.69) is 4.99 Å². The maximum absolute atomic E-state index is 12.2. The van der Waals surface area contributed by atoms with Gasteiger partial charge in [-0.15, -0.1) is 0 Å². The van der Waals surface area contributed by atoms with Gasteiger partial charge in [0.1, 0.15) is 0 Å². The average molecular weight is 356 g/mol. The Bertz CT molecular complexity index is 628. The fraction of sp³-hybridized carbons (Fsp3) is 0.545. The van der Waals surface area contributed by atoms with E-state index in [0.717, 1.165) is 7.31 Å². The predicted octanol–water partition coefficient (Wildman–Crippen LogP) is -1.29. The molecule has 1 aromatic rings. The van der Waals surface area contributed by atoms with E-state index >= 15 is 0 Å². The molecule has 0 amide bonds. The minimum absolute atomic E-state index is 0.207. The van der Waals surface area contributed by atoms with Gasteiger partial charge in [-0.2, -0.15) is 0 Å². The molecule has 1 aromatic heterocycles. The van der Waals surface area contributed by atoms with Crippen LogP contribution in [-0.2, 0) is 13.6 Å². The third-order valence-electron chi connectivity index (χ3n) is 2.87. The molecular formula is C11H15N3O3Sn. The molecule has 0 spiro atoms. The van der Waals surface area contributed by atoms with Crippen LogP contribution < -0.4 is 14.8 Å². The van der Waals surface area contributed by atoms with Crippen molar-refractivity contribution in [3.63, 3.8) is 0 Å². The van der Waals surface area contributed by atoms with E-state index in [1.807, 2.05) is 6.92 Å². The van der Waals surface area contributed by atoms with Crippen molar-refractivity contribution in [2.75, 3.05) is 0 Å². The topological polar surface area (TPSA) is 76.6 Å². The molecule has 18 heavy (non-hydrogen) atoms. The van der Waals surface area contributed by atoms with Gasteiger partial charge in [-0.05, 0) is 0 Å². The Morgan fingerprint density at radius 3 is 2.72 bits per heavy atom. The molecule has 0 fully saturated rings. The van der Waals surface area contributed by atoms with E-state index < -0.39 is 27.2 Å². The number of aliphatic hydroxyl groups excluding tert-OH is 1. The zero-order valence-corrected chi connectivity index (χ0v) is 13.5. The van der Waals surface area contributed by atoms with Gasteiger partial charge in [0.05, 0.1) is 0 Å². The summed E-state index contributed by atoms with van der Waals surface area (Å²) in [6, 6.07) is 0. The van der Waals surface area contributed by atoms with Crippen LogP contribution in [0.2, 0.25) is 0 Å². The first kappa shape index (κ1) is 13.5. The Morgan fingerprint density at radius 2 is 2.11 bits per heavy atom. The summed E-state index contributed by atoms with van der Waals surface area (Å²) in [6.45, 7) is 3.82. The van der Waals surface area contributed by atoms with Gasteiger partial charge >= 0.3 is 114 Å². The van der Waals surface area contributed by atoms with E-state index in [1.54, 1.807) is 14.0 Å². The summed E-state index contributed by atoms with van der Waals surface area (Å²) in [7, 11) is 1.64. The number of fused-ring (bicyclic) bond motifs is 1. The van der Waals surface area contributed by atoms with Crippen molar-refractivity contribution >= 4 is 34.3 Å². The summed E-state index contributed by atoms with van der Waals surface area (Å²) in [5.41, 5.74) is -0.557. The number of hydrogen-bond acceptors (Lipinski definition) is 4. The van der Waals surface area contributed by atoms with Crippen LogP contribution in [0.15, 0.2) is 14.6 Å². The Balaban J connectivity index is 2.53. The molecule has 0 saturated carbocycles. The maximum atomic E-state index is 12.2. The molecule has 0 bridgehead atoms. The van der Waals surface area contributed by atoms with Crippen LogP contribution in [-0.4, -0.2) is 45.2 Å². The van der Waals surface area contributed by atoms with Crippen molar-refractivity contribution in [3.8, 4) is 0 Å². The van der Waals surface area contributed by atoms with E-state index in [-0.39, 0.29) is 17.8 Å². The second-order valence-corrected chi connectivity index (χ2v) is 8.66. The number of nitrogens with zero attached hydrogens (tertiary/aromatic N) is 3. The Labute approximate surface area is 114 Å². The van der Waals surface area contributed by atoms with Gasteiger partial charge in [-0.25, -0.2) is 0 Å². The fourth-order valence-corrected chi connectivity index (χ4v) is 5.02. The van der Waals surface area contributed by atoms with Crippen LogP contribution in [0, 0.1) is 0 Å². The van der Waals surface area contributed by atoms with Crippen molar-refractivity contribution in [1.29, 1.82) is 0 Å². The normalized spacial score (nSPS) is 15.4. The Hall–Kier alpha value is -0.891. The molecule has 2 heterocycles. The number of rotatable bonds is 3. The van der Waals surface area contributed by atoms with Crippen molar-refractivity contribution in [2.24, 2.45) is 12.0 Å². The molecule has 0 aliphatic carbocycles. The summed E-state index contributed by atoms with van der Waals surface area (Å²) < 4.78 is 4.41. The third-order valence-corrected chi connectivity index (χ3v) is 6.18. The summed E-state index contributed by atoms with van der Waals surface area (Å²) >= 11 is -1.11. The van der Waals surface area contributed by atoms with Crippen molar-refractivity contribution < 1.29 is 5.11 Å². The average Bonchev–Trinajstić information content (AvgIpc) is 2.68. The van der Waals surface area contributed by atoms with Crippen LogP contribution in [0.3, 0.4) is 0 Å². The summed E-state index contributed by atoms with van der Waals surface area (Å²) in [5.74, 6) is 0.544. The first-order chi connectivity index (χ1) is 8.41. The van der Waals surface area contributed by atoms with Gasteiger partial charge in [0.2, 0.25) is 0 Å². The second-order valence-electron chi connectivity index (χ2n) is 4.46. The molecule has 1 atom stereocenters. The third kappa shape index (κ3) is 2.31. The van der Waals surface area contributed by atoms with Gasteiger partial charge in [0.15, 0.2) is 0 Å². The predicted molar refractivity (Wildman–Crippen MR) is 70.4 cm³/mol. The van der Waals surface area contributed by atoms with Crippen molar-refractivity contribution in [2.45, 2.75) is 32.9 Å². The van der Waals surface area contributed by atoms with E-state index in [1.165, 1.54) is 9.13 Å². The number of aromatic nitrogens is 2. The van der Waals surface area contributed by atoms with Gasteiger partial charge in [0, 0.05) is 0 Å². The van der Waals surface area contributed by atoms with Gasteiger partial charge < -0.3 is 0 Å². The summed E-state index contributed by atoms with van der Waals surface area (Å²) in [4.78, 5) is 28.6. The molecule has 1 N–H and O–H groups in total. The minimum atomic E-state index is -1.11. The Morgan fingerprint density at radius 1 is 1.44 bits per heavy atom. The molecule has 7 heteroatoms. The first-order valence-electron chi connectivity index (χ1n) is 5.76. The molecule has 1 unspecified atom stereocenters. The number of aliphatic hydroxyl groups is 1. The monoisotopic (exact) mass is 357 g/mol. The molecule has 2 radical (unpaired) electrons. The quantitative estimate of drug-likeness (QED) is 0.685. The van der Waals surface area contributed by atoms with Gasteiger partial charge in [-0.3, -0.25) is 0 Å². The molecule has 0 aromatic carbocycles. The van der Waals surface area contributed by atoms with Crippen molar-refractivity contribution in [1.82, 2.24) is 9.13 Å². The molecule has 1 aliphatic rings. The van der Waals surface area contributed by atoms with Crippen LogP contribution in [0.5, 0.6) is 0 Å². The van der Waals surface area contributed by atoms with Gasteiger partial charge in [-0.1, -0.05) is 0 Å². The molecule has 96 valence electrons. The molecular weight excluding hydrogens is 341 g/mol. The van der Waals surface area contributed by atoms with Crippen LogP contribution in [0.25, 0.3) is 0 Å². The van der Waals surface area contributed by atoms with E-state index in [4.69, 9.17) is 0 Å². The van der Waals surface area contributed by atoms with Crippen LogP contribution >= 0.6 is 0 Å². The van der Waals surface area contributed by atoms with Crippen LogP contribution in [0.4, 0.5) is 5.82 Å². The zero-order valence-electron chi connectivity index (χ0n) is 10.6. The van der Waals surface area contributed by atoms with E-state index in [0.29, 0.717) is 12.2 Å². The molecule has 6 nitrogen and oxygen atoms in total. The summed E-state index contributed by atoms with van der Waals surface area (Å²) in [5, 5.41) is 9.26. The summed E-state index contributed by atoms with van der Waals surface area (Å²) in [6.07, 6.45) is -0.119. The Kier molecular flexibility index (Phi) is 3.76. The zero-order chi connectivity index (χ0) is 13.4. The molecule has 2 rings (SSSR count). The van der Waals surface area contributed by atoms with Gasteiger partial charge in [0.25, 0.3) is 0 Å². The fourth-order valence-electron chi connectivity index (χ4n) is 1.88. The number of aliphatic imine (C=N–C) groups is 1. The molecule has 1 aliphatic heterocycles. The standard InChI is InChI=1S/C11H15N3O3.Sn/c1-4-12-9-7-10(16)14(6-5-8(2)15)11(17)13(9)3;/h8,15H,5-6H2,1-3H3;. The van der Waals surface area contributed by atoms with Crippen LogP contribution in [0.1, 0.15) is 20.3 Å². The van der Waals surface area contributed by atoms with E-state index in [9.17, 15) is 14.7 Å².